The summed E-state index contributed by atoms with van der Waals surface area (Å²) in [7, 11) is 0. The van der Waals surface area contributed by atoms with Crippen LogP contribution in [-0.2, 0) is 13.1 Å². The van der Waals surface area contributed by atoms with Crippen molar-refractivity contribution in [2.75, 3.05) is 22.9 Å². The summed E-state index contributed by atoms with van der Waals surface area (Å²) >= 11 is 0. The van der Waals surface area contributed by atoms with Crippen molar-refractivity contribution in [3.63, 3.8) is 0 Å². The number of fused-ring (bicyclic) bond motifs is 1. The van der Waals surface area contributed by atoms with E-state index in [1.54, 1.807) is 6.33 Å². The van der Waals surface area contributed by atoms with Gasteiger partial charge in [0, 0.05) is 24.8 Å². The van der Waals surface area contributed by atoms with Gasteiger partial charge in [-0.15, -0.1) is 0 Å². The Labute approximate surface area is 175 Å². The number of rotatable bonds is 8. The summed E-state index contributed by atoms with van der Waals surface area (Å²) in [5.74, 6) is 1.17. The van der Waals surface area contributed by atoms with Crippen molar-refractivity contribution >= 4 is 28.6 Å². The molecule has 0 aliphatic rings. The van der Waals surface area contributed by atoms with Crippen molar-refractivity contribution in [1.82, 2.24) is 19.5 Å². The van der Waals surface area contributed by atoms with Crippen LogP contribution in [0, 0.1) is 0 Å². The van der Waals surface area contributed by atoms with Gasteiger partial charge in [0.05, 0.1) is 12.9 Å². The second-order valence-corrected chi connectivity index (χ2v) is 7.34. The molecule has 2 heterocycles. The van der Waals surface area contributed by atoms with Gasteiger partial charge in [-0.2, -0.15) is 9.97 Å². The second-order valence-electron chi connectivity index (χ2n) is 7.34. The fraction of sp³-hybridized carbons (Fsp3) is 0.227. The first-order valence-electron chi connectivity index (χ1n) is 9.93. The lowest BCUT2D eigenvalue weighted by Crippen LogP contribution is -2.26. The summed E-state index contributed by atoms with van der Waals surface area (Å²) in [6.07, 6.45) is 1.80. The second kappa shape index (κ2) is 8.79. The number of hydrogen-bond donors (Lipinski definition) is 4. The van der Waals surface area contributed by atoms with E-state index in [-0.39, 0.29) is 6.04 Å². The minimum atomic E-state index is -0.0148. The molecule has 2 aromatic carbocycles. The highest BCUT2D eigenvalue weighted by atomic mass is 15.2. The van der Waals surface area contributed by atoms with E-state index < -0.39 is 0 Å². The molecule has 0 saturated heterocycles. The Kier molecular flexibility index (Phi) is 5.76. The van der Waals surface area contributed by atoms with E-state index in [4.69, 9.17) is 16.5 Å². The third-order valence-corrected chi connectivity index (χ3v) is 4.74. The molecule has 0 radical (unpaired) electrons. The highest BCUT2D eigenvalue weighted by Crippen LogP contribution is 2.23. The molecular weight excluding hydrogens is 376 g/mol. The van der Waals surface area contributed by atoms with Crippen LogP contribution < -0.4 is 22.1 Å². The van der Waals surface area contributed by atoms with Gasteiger partial charge in [0.2, 0.25) is 5.95 Å². The van der Waals surface area contributed by atoms with E-state index in [1.807, 2.05) is 54.0 Å². The summed E-state index contributed by atoms with van der Waals surface area (Å²) in [6.45, 7) is 3.72. The van der Waals surface area contributed by atoms with Crippen molar-refractivity contribution < 1.29 is 0 Å². The summed E-state index contributed by atoms with van der Waals surface area (Å²) in [5.41, 5.74) is 16.3. The molecule has 1 unspecified atom stereocenters. The van der Waals surface area contributed by atoms with E-state index in [2.05, 4.69) is 32.7 Å². The summed E-state index contributed by atoms with van der Waals surface area (Å²) in [4.78, 5) is 13.9. The van der Waals surface area contributed by atoms with E-state index in [1.165, 1.54) is 5.56 Å². The van der Waals surface area contributed by atoms with Gasteiger partial charge in [-0.25, -0.2) is 4.98 Å². The van der Waals surface area contributed by atoms with Crippen LogP contribution in [0.1, 0.15) is 18.1 Å². The average Bonchev–Trinajstić information content (AvgIpc) is 3.15. The lowest BCUT2D eigenvalue weighted by molar-refractivity contribution is 0.772. The first kappa shape index (κ1) is 19.7. The molecule has 0 fully saturated rings. The van der Waals surface area contributed by atoms with Gasteiger partial charge in [-0.05, 0) is 24.1 Å². The number of aromatic nitrogens is 4. The van der Waals surface area contributed by atoms with Crippen LogP contribution in [0.4, 0.5) is 17.5 Å². The number of nitrogens with zero attached hydrogens (tertiary/aromatic N) is 4. The van der Waals surface area contributed by atoms with Gasteiger partial charge in [-0.1, -0.05) is 48.5 Å². The normalized spacial score (nSPS) is 12.1. The Morgan fingerprint density at radius 2 is 1.77 bits per heavy atom. The van der Waals surface area contributed by atoms with Crippen LogP contribution in [0.25, 0.3) is 11.2 Å². The number of benzene rings is 2. The summed E-state index contributed by atoms with van der Waals surface area (Å²) in [6, 6.07) is 18.0. The van der Waals surface area contributed by atoms with Gasteiger partial charge < -0.3 is 26.7 Å². The van der Waals surface area contributed by atoms with Gasteiger partial charge in [0.15, 0.2) is 17.0 Å². The first-order chi connectivity index (χ1) is 14.6. The summed E-state index contributed by atoms with van der Waals surface area (Å²) in [5, 5.41) is 6.59. The molecule has 6 N–H and O–H groups in total. The van der Waals surface area contributed by atoms with E-state index in [9.17, 15) is 0 Å². The van der Waals surface area contributed by atoms with E-state index >= 15 is 0 Å². The molecule has 1 atom stereocenters. The third-order valence-electron chi connectivity index (χ3n) is 4.74. The molecule has 0 spiro atoms. The van der Waals surface area contributed by atoms with Crippen molar-refractivity contribution in [2.24, 2.45) is 5.73 Å². The SMILES string of the molecule is CC(N)CNc1nc(NCc2ccccc2N)c2ncn(Cc3ccccc3)c2n1. The van der Waals surface area contributed by atoms with Crippen molar-refractivity contribution in [1.29, 1.82) is 0 Å². The molecule has 8 heteroatoms. The topological polar surface area (TPSA) is 120 Å². The predicted molar refractivity (Wildman–Crippen MR) is 121 cm³/mol. The van der Waals surface area contributed by atoms with Crippen molar-refractivity contribution in [3.8, 4) is 0 Å². The monoisotopic (exact) mass is 402 g/mol. The maximum atomic E-state index is 6.08. The predicted octanol–water partition coefficient (Wildman–Crippen LogP) is 2.83. The van der Waals surface area contributed by atoms with Gasteiger partial charge >= 0.3 is 0 Å². The number of imidazole rings is 1. The standard InChI is InChI=1S/C22H26N8/c1-15(23)11-26-22-28-20(25-12-17-9-5-6-10-18(17)24)19-21(29-22)30(14-27-19)13-16-7-3-2-4-8-16/h2-10,14-15H,11-13,23-24H2,1H3,(H2,25,26,28,29). The minimum Gasteiger partial charge on any atom is -0.398 e. The number of nitrogens with one attached hydrogen (secondary N) is 2. The van der Waals surface area contributed by atoms with Gasteiger partial charge in [-0.3, -0.25) is 0 Å². The van der Waals surface area contributed by atoms with E-state index in [0.717, 1.165) is 16.9 Å². The van der Waals surface area contributed by atoms with Gasteiger partial charge in [0.25, 0.3) is 0 Å². The quantitative estimate of drug-likeness (QED) is 0.335. The molecule has 0 saturated carbocycles. The molecule has 0 amide bonds. The molecule has 8 nitrogen and oxygen atoms in total. The zero-order chi connectivity index (χ0) is 20.9. The molecule has 154 valence electrons. The largest absolute Gasteiger partial charge is 0.398 e. The number of nitrogens with two attached hydrogens (primary N) is 2. The van der Waals surface area contributed by atoms with Crippen LogP contribution in [0.5, 0.6) is 0 Å². The molecule has 4 aromatic rings. The number of para-hydroxylation sites is 1. The fourth-order valence-electron chi connectivity index (χ4n) is 3.17. The average molecular weight is 403 g/mol. The van der Waals surface area contributed by atoms with Crippen LogP contribution >= 0.6 is 0 Å². The first-order valence-corrected chi connectivity index (χ1v) is 9.93. The minimum absolute atomic E-state index is 0.0148. The Hall–Kier alpha value is -3.65. The lowest BCUT2D eigenvalue weighted by Gasteiger charge is -2.12. The van der Waals surface area contributed by atoms with Crippen molar-refractivity contribution in [2.45, 2.75) is 26.1 Å². The summed E-state index contributed by atoms with van der Waals surface area (Å²) < 4.78 is 2.02. The number of hydrogen-bond acceptors (Lipinski definition) is 7. The Morgan fingerprint density at radius 1 is 1.00 bits per heavy atom. The van der Waals surface area contributed by atoms with Gasteiger partial charge in [0.1, 0.15) is 0 Å². The molecule has 30 heavy (non-hydrogen) atoms. The molecular formula is C22H26N8. The number of anilines is 3. The maximum Gasteiger partial charge on any atom is 0.226 e. The smallest absolute Gasteiger partial charge is 0.226 e. The third kappa shape index (κ3) is 4.49. The Morgan fingerprint density at radius 3 is 2.53 bits per heavy atom. The highest BCUT2D eigenvalue weighted by molar-refractivity contribution is 5.84. The van der Waals surface area contributed by atoms with Crippen LogP contribution in [0.3, 0.4) is 0 Å². The molecule has 0 bridgehead atoms. The Balaban J connectivity index is 1.67. The maximum absolute atomic E-state index is 6.08. The molecule has 0 aliphatic heterocycles. The van der Waals surface area contributed by atoms with E-state index in [0.29, 0.717) is 36.9 Å². The molecule has 0 aliphatic carbocycles. The zero-order valence-corrected chi connectivity index (χ0v) is 16.9. The Bertz CT molecular complexity index is 1120. The van der Waals surface area contributed by atoms with Crippen LogP contribution in [0.15, 0.2) is 60.9 Å². The number of nitrogen functional groups attached to an aromatic ring is 1. The van der Waals surface area contributed by atoms with Crippen molar-refractivity contribution in [3.05, 3.63) is 72.1 Å². The highest BCUT2D eigenvalue weighted by Gasteiger charge is 2.14. The lowest BCUT2D eigenvalue weighted by atomic mass is 10.2. The van der Waals surface area contributed by atoms with Crippen LogP contribution in [0.2, 0.25) is 0 Å². The fourth-order valence-corrected chi connectivity index (χ4v) is 3.17. The van der Waals surface area contributed by atoms with Crippen LogP contribution in [-0.4, -0.2) is 32.1 Å². The zero-order valence-electron chi connectivity index (χ0n) is 16.9. The molecule has 2 aromatic heterocycles. The molecule has 4 rings (SSSR count).